The second kappa shape index (κ2) is 15.9. The molecule has 0 N–H and O–H groups in total. The summed E-state index contributed by atoms with van der Waals surface area (Å²) in [6.45, 7) is 5.00. The molecule has 2 aromatic carbocycles. The molecule has 1 fully saturated rings. The van der Waals surface area contributed by atoms with E-state index in [1.807, 2.05) is 55.0 Å². The summed E-state index contributed by atoms with van der Waals surface area (Å²) in [6.07, 6.45) is 7.68. The van der Waals surface area contributed by atoms with Gasteiger partial charge in [-0.3, -0.25) is 4.98 Å². The fourth-order valence-corrected chi connectivity index (χ4v) is 5.47. The van der Waals surface area contributed by atoms with Crippen molar-refractivity contribution in [2.24, 2.45) is 7.05 Å². The predicted octanol–water partition coefficient (Wildman–Crippen LogP) is 5.98. The minimum atomic E-state index is 0.126. The first-order chi connectivity index (χ1) is 22.2. The summed E-state index contributed by atoms with van der Waals surface area (Å²) < 4.78 is 36.5. The highest BCUT2D eigenvalue weighted by Gasteiger charge is 2.31. The summed E-state index contributed by atoms with van der Waals surface area (Å²) in [7, 11) is 2.09. The van der Waals surface area contributed by atoms with E-state index in [1.165, 1.54) is 21.8 Å². The van der Waals surface area contributed by atoms with Gasteiger partial charge in [0, 0.05) is 66.4 Å². The standard InChI is InChI=1S/C36H41N3O6/c1-39-34-11-12-37-25-33(34)32-9-7-28(21-35(32)39)29-8-10-36(38-24-29)45-31-22-30(23-31)44-20-19-42-16-15-40-13-14-41-17-18-43-26-27-5-3-2-4-6-27/h2-12,21,24-25,30-31H,13-20,22-23,26H2,1H3. The minimum Gasteiger partial charge on any atom is -0.474 e. The maximum Gasteiger partial charge on any atom is 0.213 e. The third-order valence-corrected chi connectivity index (χ3v) is 8.03. The van der Waals surface area contributed by atoms with Crippen molar-refractivity contribution in [2.75, 3.05) is 52.9 Å². The lowest BCUT2D eigenvalue weighted by molar-refractivity contribution is -0.0798. The monoisotopic (exact) mass is 611 g/mol. The number of hydrogen-bond acceptors (Lipinski definition) is 8. The second-order valence-electron chi connectivity index (χ2n) is 11.1. The van der Waals surface area contributed by atoms with Gasteiger partial charge < -0.3 is 33.0 Å². The molecule has 3 aromatic heterocycles. The number of aromatic nitrogens is 3. The largest absolute Gasteiger partial charge is 0.474 e. The van der Waals surface area contributed by atoms with Gasteiger partial charge in [0.05, 0.1) is 71.1 Å². The van der Waals surface area contributed by atoms with Crippen LogP contribution in [-0.4, -0.2) is 79.6 Å². The molecule has 0 aliphatic heterocycles. The maximum absolute atomic E-state index is 6.07. The van der Waals surface area contributed by atoms with Gasteiger partial charge in [-0.15, -0.1) is 0 Å². The van der Waals surface area contributed by atoms with Gasteiger partial charge in [-0.25, -0.2) is 4.98 Å². The van der Waals surface area contributed by atoms with Crippen LogP contribution < -0.4 is 4.74 Å². The summed E-state index contributed by atoms with van der Waals surface area (Å²) >= 11 is 0. The van der Waals surface area contributed by atoms with Crippen LogP contribution in [0.5, 0.6) is 5.88 Å². The highest BCUT2D eigenvalue weighted by Crippen LogP contribution is 2.32. The lowest BCUT2D eigenvalue weighted by Gasteiger charge is -2.34. The van der Waals surface area contributed by atoms with Crippen molar-refractivity contribution in [1.29, 1.82) is 0 Å². The fourth-order valence-electron chi connectivity index (χ4n) is 5.47. The van der Waals surface area contributed by atoms with E-state index in [2.05, 4.69) is 51.9 Å². The van der Waals surface area contributed by atoms with Crippen molar-refractivity contribution in [3.05, 3.63) is 90.9 Å². The van der Waals surface area contributed by atoms with Crippen LogP contribution in [-0.2, 0) is 37.3 Å². The van der Waals surface area contributed by atoms with Gasteiger partial charge in [-0.1, -0.05) is 42.5 Å². The van der Waals surface area contributed by atoms with Crippen molar-refractivity contribution in [1.82, 2.24) is 14.5 Å². The molecule has 0 spiro atoms. The molecule has 9 nitrogen and oxygen atoms in total. The van der Waals surface area contributed by atoms with Gasteiger partial charge in [0.2, 0.25) is 5.88 Å². The molecule has 0 radical (unpaired) electrons. The average molecular weight is 612 g/mol. The van der Waals surface area contributed by atoms with Crippen molar-refractivity contribution >= 4 is 21.8 Å². The van der Waals surface area contributed by atoms with Crippen LogP contribution in [0.3, 0.4) is 0 Å². The first-order valence-electron chi connectivity index (χ1n) is 15.7. The first-order valence-corrected chi connectivity index (χ1v) is 15.7. The molecule has 0 amide bonds. The van der Waals surface area contributed by atoms with Crippen LogP contribution in [0.25, 0.3) is 32.9 Å². The van der Waals surface area contributed by atoms with E-state index in [0.717, 1.165) is 29.5 Å². The van der Waals surface area contributed by atoms with Crippen LogP contribution in [0, 0.1) is 0 Å². The molecule has 0 saturated heterocycles. The Morgan fingerprint density at radius 3 is 2.11 bits per heavy atom. The van der Waals surface area contributed by atoms with Gasteiger partial charge in [0.25, 0.3) is 0 Å². The Hall–Kier alpha value is -3.86. The van der Waals surface area contributed by atoms with Gasteiger partial charge in [0.15, 0.2) is 0 Å². The van der Waals surface area contributed by atoms with E-state index in [-0.39, 0.29) is 12.2 Å². The van der Waals surface area contributed by atoms with Crippen LogP contribution in [0.1, 0.15) is 18.4 Å². The molecule has 0 bridgehead atoms. The number of rotatable bonds is 18. The Kier molecular flexibility index (Phi) is 11.0. The Morgan fingerprint density at radius 2 is 1.38 bits per heavy atom. The number of benzene rings is 2. The Bertz CT molecular complexity index is 1620. The molecule has 6 rings (SSSR count). The zero-order valence-electron chi connectivity index (χ0n) is 25.8. The highest BCUT2D eigenvalue weighted by atomic mass is 16.6. The number of hydrogen-bond donors (Lipinski definition) is 0. The SMILES string of the molecule is Cn1c2ccncc2c2ccc(-c3ccc(OC4CC(OCCOCCOCCOCCOCc5ccccc5)C4)nc3)cc21. The molecule has 236 valence electrons. The highest BCUT2D eigenvalue weighted by molar-refractivity contribution is 6.08. The van der Waals surface area contributed by atoms with Crippen molar-refractivity contribution in [3.8, 4) is 17.0 Å². The van der Waals surface area contributed by atoms with Crippen molar-refractivity contribution in [2.45, 2.75) is 31.7 Å². The molecule has 3 heterocycles. The van der Waals surface area contributed by atoms with Gasteiger partial charge in [-0.2, -0.15) is 0 Å². The minimum absolute atomic E-state index is 0.126. The van der Waals surface area contributed by atoms with E-state index < -0.39 is 0 Å². The molecular weight excluding hydrogens is 570 g/mol. The summed E-state index contributed by atoms with van der Waals surface area (Å²) in [5.74, 6) is 0.643. The third kappa shape index (κ3) is 8.45. The van der Waals surface area contributed by atoms with Gasteiger partial charge in [-0.05, 0) is 29.3 Å². The van der Waals surface area contributed by atoms with Gasteiger partial charge in [0.1, 0.15) is 6.10 Å². The zero-order valence-corrected chi connectivity index (χ0v) is 25.8. The Labute approximate surface area is 264 Å². The Balaban J connectivity index is 0.785. The van der Waals surface area contributed by atoms with E-state index >= 15 is 0 Å². The summed E-state index contributed by atoms with van der Waals surface area (Å²) in [6, 6.07) is 22.7. The summed E-state index contributed by atoms with van der Waals surface area (Å²) in [4.78, 5) is 8.87. The lowest BCUT2D eigenvalue weighted by atomic mass is 9.92. The van der Waals surface area contributed by atoms with E-state index in [4.69, 9.17) is 28.4 Å². The molecule has 1 saturated carbocycles. The number of pyridine rings is 2. The molecule has 0 atom stereocenters. The molecule has 5 aromatic rings. The van der Waals surface area contributed by atoms with Crippen molar-refractivity contribution < 1.29 is 28.4 Å². The summed E-state index contributed by atoms with van der Waals surface area (Å²) in [5.41, 5.74) is 5.69. The quantitative estimate of drug-likeness (QED) is 0.112. The van der Waals surface area contributed by atoms with Crippen LogP contribution >= 0.6 is 0 Å². The molecular formula is C36H41N3O6. The topological polar surface area (TPSA) is 86.1 Å². The number of fused-ring (bicyclic) bond motifs is 3. The number of nitrogens with zero attached hydrogens (tertiary/aromatic N) is 3. The van der Waals surface area contributed by atoms with Crippen LogP contribution in [0.4, 0.5) is 0 Å². The molecule has 1 aliphatic rings. The van der Waals surface area contributed by atoms with E-state index in [0.29, 0.717) is 65.3 Å². The molecule has 0 unspecified atom stereocenters. The molecule has 45 heavy (non-hydrogen) atoms. The summed E-state index contributed by atoms with van der Waals surface area (Å²) in [5, 5.41) is 2.37. The lowest BCUT2D eigenvalue weighted by Crippen LogP contribution is -2.40. The zero-order chi connectivity index (χ0) is 30.7. The molecule has 1 aliphatic carbocycles. The van der Waals surface area contributed by atoms with Crippen molar-refractivity contribution in [3.63, 3.8) is 0 Å². The van der Waals surface area contributed by atoms with Crippen LogP contribution in [0.2, 0.25) is 0 Å². The average Bonchev–Trinajstić information content (AvgIpc) is 3.35. The fraction of sp³-hybridized carbons (Fsp3) is 0.389. The predicted molar refractivity (Wildman–Crippen MR) is 173 cm³/mol. The Morgan fingerprint density at radius 1 is 0.667 bits per heavy atom. The second-order valence-corrected chi connectivity index (χ2v) is 11.1. The van der Waals surface area contributed by atoms with E-state index in [1.54, 1.807) is 0 Å². The van der Waals surface area contributed by atoms with Crippen LogP contribution in [0.15, 0.2) is 85.3 Å². The first kappa shape index (κ1) is 31.1. The maximum atomic E-state index is 6.07. The molecule has 9 heteroatoms. The number of aryl methyl sites for hydroxylation is 1. The number of ether oxygens (including phenoxy) is 6. The smallest absolute Gasteiger partial charge is 0.213 e. The van der Waals surface area contributed by atoms with E-state index in [9.17, 15) is 0 Å². The third-order valence-electron chi connectivity index (χ3n) is 8.03. The van der Waals surface area contributed by atoms with Gasteiger partial charge >= 0.3 is 0 Å². The normalized spacial score (nSPS) is 16.3.